The molecule has 0 spiro atoms. The van der Waals surface area contributed by atoms with E-state index in [0.29, 0.717) is 5.56 Å². The van der Waals surface area contributed by atoms with Gasteiger partial charge in [0.25, 0.3) is 0 Å². The van der Waals surface area contributed by atoms with E-state index in [2.05, 4.69) is 15.9 Å². The zero-order valence-electron chi connectivity index (χ0n) is 8.98. The third-order valence-corrected chi connectivity index (χ3v) is 3.25. The van der Waals surface area contributed by atoms with Gasteiger partial charge in [-0.3, -0.25) is 4.79 Å². The maximum Gasteiger partial charge on any atom is 0.328 e. The Labute approximate surface area is 106 Å². The van der Waals surface area contributed by atoms with Gasteiger partial charge in [-0.05, 0) is 24.6 Å². The fourth-order valence-corrected chi connectivity index (χ4v) is 1.72. The molecule has 0 aliphatic carbocycles. The minimum absolute atomic E-state index is 0.104. The van der Waals surface area contributed by atoms with Gasteiger partial charge in [0.05, 0.1) is 4.83 Å². The molecule has 0 saturated carbocycles. The Morgan fingerprint density at radius 1 is 1.47 bits per heavy atom. The van der Waals surface area contributed by atoms with Crippen LogP contribution in [0.2, 0.25) is 0 Å². The number of hydrogen-bond acceptors (Lipinski definition) is 2. The zero-order valence-corrected chi connectivity index (χ0v) is 10.6. The Bertz CT molecular complexity index is 483. The standard InChI is InChI=1S/C12H10BrFO3/c1-7(15)12(13)9-3-2-4-10(14)8(9)5-6-11(16)17/h2-6,12H,1H3,(H,16,17). The highest BCUT2D eigenvalue weighted by Gasteiger charge is 2.17. The maximum absolute atomic E-state index is 13.5. The number of carboxylic acids is 1. The number of ketones is 1. The van der Waals surface area contributed by atoms with E-state index in [1.807, 2.05) is 0 Å². The predicted molar refractivity (Wildman–Crippen MR) is 65.4 cm³/mol. The third kappa shape index (κ3) is 3.49. The average Bonchev–Trinajstić information content (AvgIpc) is 2.25. The minimum atomic E-state index is -1.17. The van der Waals surface area contributed by atoms with Crippen LogP contribution in [0.4, 0.5) is 4.39 Å². The third-order valence-electron chi connectivity index (χ3n) is 2.11. The van der Waals surface area contributed by atoms with Crippen LogP contribution in [0.5, 0.6) is 0 Å². The molecule has 1 rings (SSSR count). The van der Waals surface area contributed by atoms with Crippen molar-refractivity contribution in [3.8, 4) is 0 Å². The molecule has 0 bridgehead atoms. The van der Waals surface area contributed by atoms with E-state index >= 15 is 0 Å². The van der Waals surface area contributed by atoms with Crippen molar-refractivity contribution in [1.29, 1.82) is 0 Å². The lowest BCUT2D eigenvalue weighted by Crippen LogP contribution is -2.04. The predicted octanol–water partition coefficient (Wildman–Crippen LogP) is 2.95. The number of alkyl halides is 1. The SMILES string of the molecule is CC(=O)C(Br)c1cccc(F)c1C=CC(=O)O. The molecule has 0 aliphatic heterocycles. The first-order chi connectivity index (χ1) is 7.93. The zero-order chi connectivity index (χ0) is 13.0. The van der Waals surface area contributed by atoms with Crippen molar-refractivity contribution in [3.05, 3.63) is 41.2 Å². The lowest BCUT2D eigenvalue weighted by Gasteiger charge is -2.10. The van der Waals surface area contributed by atoms with Gasteiger partial charge in [-0.1, -0.05) is 28.1 Å². The van der Waals surface area contributed by atoms with Gasteiger partial charge in [0, 0.05) is 11.6 Å². The monoisotopic (exact) mass is 300 g/mol. The van der Waals surface area contributed by atoms with Crippen molar-refractivity contribution in [1.82, 2.24) is 0 Å². The van der Waals surface area contributed by atoms with Gasteiger partial charge in [0.15, 0.2) is 0 Å². The molecule has 1 aromatic carbocycles. The van der Waals surface area contributed by atoms with Crippen LogP contribution in [0, 0.1) is 5.82 Å². The van der Waals surface area contributed by atoms with Crippen LogP contribution in [0.15, 0.2) is 24.3 Å². The van der Waals surface area contributed by atoms with Crippen LogP contribution in [0.1, 0.15) is 22.9 Å². The number of aliphatic carboxylic acids is 1. The lowest BCUT2D eigenvalue weighted by molar-refractivity contribution is -0.131. The van der Waals surface area contributed by atoms with Gasteiger partial charge < -0.3 is 5.11 Å². The quantitative estimate of drug-likeness (QED) is 0.687. The summed E-state index contributed by atoms with van der Waals surface area (Å²) in [6.07, 6.45) is 1.98. The van der Waals surface area contributed by atoms with Crippen molar-refractivity contribution >= 4 is 33.8 Å². The van der Waals surface area contributed by atoms with E-state index in [9.17, 15) is 14.0 Å². The summed E-state index contributed by atoms with van der Waals surface area (Å²) in [5.41, 5.74) is 0.516. The van der Waals surface area contributed by atoms with E-state index in [4.69, 9.17) is 5.11 Å². The first-order valence-corrected chi connectivity index (χ1v) is 5.69. The van der Waals surface area contributed by atoms with E-state index in [-0.39, 0.29) is 11.3 Å². The van der Waals surface area contributed by atoms with Crippen LogP contribution in [-0.4, -0.2) is 16.9 Å². The Morgan fingerprint density at radius 3 is 2.65 bits per heavy atom. The molecule has 0 aromatic heterocycles. The first kappa shape index (κ1) is 13.6. The van der Waals surface area contributed by atoms with Crippen LogP contribution < -0.4 is 0 Å². The summed E-state index contributed by atoms with van der Waals surface area (Å²) in [4.78, 5) is 21.0. The topological polar surface area (TPSA) is 54.4 Å². The van der Waals surface area contributed by atoms with Crippen LogP contribution in [-0.2, 0) is 9.59 Å². The summed E-state index contributed by atoms with van der Waals surface area (Å²) in [6, 6.07) is 4.26. The molecule has 1 aromatic rings. The number of hydrogen-bond donors (Lipinski definition) is 1. The number of rotatable bonds is 4. The summed E-state index contributed by atoms with van der Waals surface area (Å²) in [5.74, 6) is -1.92. The first-order valence-electron chi connectivity index (χ1n) is 4.77. The highest BCUT2D eigenvalue weighted by Crippen LogP contribution is 2.29. The van der Waals surface area contributed by atoms with Crippen LogP contribution in [0.3, 0.4) is 0 Å². The van der Waals surface area contributed by atoms with E-state index in [1.165, 1.54) is 19.1 Å². The van der Waals surface area contributed by atoms with Crippen LogP contribution >= 0.6 is 15.9 Å². The molecule has 90 valence electrons. The maximum atomic E-state index is 13.5. The molecule has 5 heteroatoms. The van der Waals surface area contributed by atoms with E-state index in [1.54, 1.807) is 6.07 Å². The molecule has 0 fully saturated rings. The minimum Gasteiger partial charge on any atom is -0.478 e. The van der Waals surface area contributed by atoms with Crippen molar-refractivity contribution in [2.24, 2.45) is 0 Å². The molecular weight excluding hydrogens is 291 g/mol. The molecule has 17 heavy (non-hydrogen) atoms. The van der Waals surface area contributed by atoms with Crippen molar-refractivity contribution in [2.75, 3.05) is 0 Å². The number of halogens is 2. The number of Topliss-reactive ketones (excluding diaryl/α,β-unsaturated/α-hetero) is 1. The van der Waals surface area contributed by atoms with Crippen molar-refractivity contribution in [3.63, 3.8) is 0 Å². The number of carbonyl (C=O) groups excluding carboxylic acids is 1. The highest BCUT2D eigenvalue weighted by molar-refractivity contribution is 9.09. The largest absolute Gasteiger partial charge is 0.478 e. The highest BCUT2D eigenvalue weighted by atomic mass is 79.9. The van der Waals surface area contributed by atoms with Crippen molar-refractivity contribution in [2.45, 2.75) is 11.8 Å². The van der Waals surface area contributed by atoms with Gasteiger partial charge in [-0.2, -0.15) is 0 Å². The molecule has 0 aliphatic rings. The molecule has 0 saturated heterocycles. The molecule has 0 amide bonds. The Morgan fingerprint density at radius 2 is 2.12 bits per heavy atom. The van der Waals surface area contributed by atoms with Gasteiger partial charge in [0.2, 0.25) is 0 Å². The lowest BCUT2D eigenvalue weighted by atomic mass is 10.0. The molecule has 0 heterocycles. The second-order valence-corrected chi connectivity index (χ2v) is 4.30. The van der Waals surface area contributed by atoms with Gasteiger partial charge in [-0.15, -0.1) is 0 Å². The Kier molecular flexibility index (Phi) is 4.57. The molecule has 1 atom stereocenters. The Balaban J connectivity index is 3.26. The number of benzene rings is 1. The summed E-state index contributed by atoms with van der Waals surface area (Å²) in [6.45, 7) is 1.37. The normalized spacial score (nSPS) is 12.6. The second kappa shape index (κ2) is 5.72. The Hall–Kier alpha value is -1.49. The molecular formula is C12H10BrFO3. The second-order valence-electron chi connectivity index (χ2n) is 3.39. The smallest absolute Gasteiger partial charge is 0.328 e. The number of carboxylic acid groups (broad SMARTS) is 1. The van der Waals surface area contributed by atoms with Gasteiger partial charge in [-0.25, -0.2) is 9.18 Å². The number of carbonyl (C=O) groups is 2. The van der Waals surface area contributed by atoms with Gasteiger partial charge in [0.1, 0.15) is 11.6 Å². The molecule has 0 radical (unpaired) electrons. The van der Waals surface area contributed by atoms with E-state index < -0.39 is 16.6 Å². The summed E-state index contributed by atoms with van der Waals surface area (Å²) >= 11 is 3.14. The summed E-state index contributed by atoms with van der Waals surface area (Å²) in [7, 11) is 0. The van der Waals surface area contributed by atoms with Crippen LogP contribution in [0.25, 0.3) is 6.08 Å². The van der Waals surface area contributed by atoms with Crippen molar-refractivity contribution < 1.29 is 19.1 Å². The van der Waals surface area contributed by atoms with Gasteiger partial charge >= 0.3 is 5.97 Å². The molecule has 1 unspecified atom stereocenters. The fourth-order valence-electron chi connectivity index (χ4n) is 1.32. The molecule has 3 nitrogen and oxygen atoms in total. The summed E-state index contributed by atoms with van der Waals surface area (Å²) in [5, 5.41) is 8.52. The summed E-state index contributed by atoms with van der Waals surface area (Å²) < 4.78 is 13.5. The average molecular weight is 301 g/mol. The van der Waals surface area contributed by atoms with E-state index in [0.717, 1.165) is 12.2 Å². The fraction of sp³-hybridized carbons (Fsp3) is 0.167. The molecule has 1 N–H and O–H groups in total.